The standard InChI is InChI=1S/C25H24Cl2N2O7/c1-34-15-6-7-21(35-2)20(9-15)28-22(30)12-36-25(33)13-4-3-5-14(8-13)29-23(31)16-10-18(26)19(27)11-17(16)24(29)32/h3-9,16-19H,10-12H2,1-2H3,(H,28,30)/t16-,17+,18+,19-. The number of carbonyl (C=O) groups is 4. The number of hydrogen-bond acceptors (Lipinski definition) is 7. The zero-order chi connectivity index (χ0) is 26.0. The van der Waals surface area contributed by atoms with Gasteiger partial charge in [-0.3, -0.25) is 19.3 Å². The lowest BCUT2D eigenvalue weighted by molar-refractivity contribution is -0.122. The molecule has 4 atom stereocenters. The molecule has 2 aliphatic rings. The number of benzene rings is 2. The fourth-order valence-corrected chi connectivity index (χ4v) is 5.02. The molecule has 1 saturated carbocycles. The van der Waals surface area contributed by atoms with Crippen molar-refractivity contribution in [3.63, 3.8) is 0 Å². The summed E-state index contributed by atoms with van der Waals surface area (Å²) in [5.74, 6) is -2.27. The Morgan fingerprint density at radius 1 is 0.972 bits per heavy atom. The number of ether oxygens (including phenoxy) is 3. The molecule has 2 aromatic carbocycles. The van der Waals surface area contributed by atoms with E-state index in [2.05, 4.69) is 5.32 Å². The van der Waals surface area contributed by atoms with Crippen LogP contribution in [0.15, 0.2) is 42.5 Å². The highest BCUT2D eigenvalue weighted by Gasteiger charge is 2.52. The molecule has 1 heterocycles. The highest BCUT2D eigenvalue weighted by molar-refractivity contribution is 6.31. The smallest absolute Gasteiger partial charge is 0.338 e. The van der Waals surface area contributed by atoms with Crippen LogP contribution in [-0.4, -0.2) is 55.3 Å². The predicted octanol–water partition coefficient (Wildman–Crippen LogP) is 3.61. The predicted molar refractivity (Wildman–Crippen MR) is 133 cm³/mol. The first-order valence-electron chi connectivity index (χ1n) is 11.2. The van der Waals surface area contributed by atoms with Gasteiger partial charge in [0.1, 0.15) is 11.5 Å². The van der Waals surface area contributed by atoms with Gasteiger partial charge in [0.25, 0.3) is 5.91 Å². The lowest BCUT2D eigenvalue weighted by atomic mass is 9.80. The molecule has 4 rings (SSSR count). The molecule has 0 aromatic heterocycles. The van der Waals surface area contributed by atoms with Crippen molar-refractivity contribution in [2.24, 2.45) is 11.8 Å². The van der Waals surface area contributed by atoms with Gasteiger partial charge < -0.3 is 19.5 Å². The summed E-state index contributed by atoms with van der Waals surface area (Å²) in [6.45, 7) is -0.566. The number of halogens is 2. The van der Waals surface area contributed by atoms with Crippen LogP contribution in [0.1, 0.15) is 23.2 Å². The van der Waals surface area contributed by atoms with E-state index in [9.17, 15) is 19.2 Å². The number of amides is 3. The maximum atomic E-state index is 13.0. The van der Waals surface area contributed by atoms with Crippen LogP contribution in [0.2, 0.25) is 0 Å². The minimum Gasteiger partial charge on any atom is -0.497 e. The molecule has 1 aliphatic heterocycles. The van der Waals surface area contributed by atoms with E-state index < -0.39 is 41.1 Å². The quantitative estimate of drug-likeness (QED) is 0.328. The maximum absolute atomic E-state index is 13.0. The monoisotopic (exact) mass is 534 g/mol. The van der Waals surface area contributed by atoms with Gasteiger partial charge in [0.15, 0.2) is 6.61 Å². The first-order chi connectivity index (χ1) is 17.2. The van der Waals surface area contributed by atoms with Crippen molar-refractivity contribution in [3.8, 4) is 11.5 Å². The van der Waals surface area contributed by atoms with Crippen molar-refractivity contribution in [2.45, 2.75) is 23.6 Å². The van der Waals surface area contributed by atoms with Gasteiger partial charge in [-0.25, -0.2) is 4.79 Å². The number of carbonyl (C=O) groups excluding carboxylic acids is 4. The molecule has 190 valence electrons. The number of methoxy groups -OCH3 is 2. The van der Waals surface area contributed by atoms with Crippen LogP contribution in [0, 0.1) is 11.8 Å². The van der Waals surface area contributed by atoms with Gasteiger partial charge in [-0.2, -0.15) is 0 Å². The number of fused-ring (bicyclic) bond motifs is 1. The fraction of sp³-hybridized carbons (Fsp3) is 0.360. The van der Waals surface area contributed by atoms with Crippen molar-refractivity contribution in [1.82, 2.24) is 0 Å². The number of esters is 1. The second-order valence-electron chi connectivity index (χ2n) is 8.47. The Morgan fingerprint density at radius 2 is 1.64 bits per heavy atom. The molecule has 0 unspecified atom stereocenters. The minimum atomic E-state index is -0.789. The summed E-state index contributed by atoms with van der Waals surface area (Å²) in [6.07, 6.45) is 0.632. The third-order valence-corrected chi connectivity index (χ3v) is 7.36. The Hall–Kier alpha value is -3.30. The Bertz CT molecular complexity index is 1180. The van der Waals surface area contributed by atoms with Crippen molar-refractivity contribution >= 4 is 58.3 Å². The molecule has 0 radical (unpaired) electrons. The van der Waals surface area contributed by atoms with Gasteiger partial charge in [0.2, 0.25) is 11.8 Å². The molecule has 11 heteroatoms. The number of hydrogen-bond donors (Lipinski definition) is 1. The van der Waals surface area contributed by atoms with E-state index in [1.807, 2.05) is 0 Å². The van der Waals surface area contributed by atoms with Crippen molar-refractivity contribution in [3.05, 3.63) is 48.0 Å². The molecule has 1 N–H and O–H groups in total. The normalized spacial score (nSPS) is 23.2. The Kier molecular flexibility index (Phi) is 7.70. The Balaban J connectivity index is 1.42. The van der Waals surface area contributed by atoms with Gasteiger partial charge in [-0.1, -0.05) is 6.07 Å². The second-order valence-corrected chi connectivity index (χ2v) is 9.59. The number of nitrogens with zero attached hydrogens (tertiary/aromatic N) is 1. The van der Waals surface area contributed by atoms with Crippen LogP contribution < -0.4 is 19.7 Å². The van der Waals surface area contributed by atoms with Crippen LogP contribution >= 0.6 is 23.2 Å². The van der Waals surface area contributed by atoms with Crippen LogP contribution in [0.3, 0.4) is 0 Å². The van der Waals surface area contributed by atoms with Crippen LogP contribution in [0.25, 0.3) is 0 Å². The molecule has 0 spiro atoms. The van der Waals surface area contributed by atoms with Gasteiger partial charge in [-0.15, -0.1) is 23.2 Å². The van der Waals surface area contributed by atoms with Gasteiger partial charge in [0, 0.05) is 6.07 Å². The van der Waals surface area contributed by atoms with Crippen LogP contribution in [-0.2, 0) is 19.1 Å². The fourth-order valence-electron chi connectivity index (χ4n) is 4.43. The zero-order valence-electron chi connectivity index (χ0n) is 19.5. The van der Waals surface area contributed by atoms with E-state index in [1.165, 1.54) is 32.4 Å². The highest BCUT2D eigenvalue weighted by atomic mass is 35.5. The second kappa shape index (κ2) is 10.8. The molecule has 2 fully saturated rings. The van der Waals surface area contributed by atoms with E-state index in [0.717, 1.165) is 4.90 Å². The summed E-state index contributed by atoms with van der Waals surface area (Å²) < 4.78 is 15.5. The third-order valence-electron chi connectivity index (χ3n) is 6.27. The largest absolute Gasteiger partial charge is 0.497 e. The summed E-state index contributed by atoms with van der Waals surface area (Å²) in [5, 5.41) is 1.82. The number of alkyl halides is 2. The van der Waals surface area contributed by atoms with Crippen LogP contribution in [0.5, 0.6) is 11.5 Å². The van der Waals surface area contributed by atoms with Crippen LogP contribution in [0.4, 0.5) is 11.4 Å². The zero-order valence-corrected chi connectivity index (χ0v) is 21.0. The lowest BCUT2D eigenvalue weighted by Crippen LogP contribution is -2.34. The van der Waals surface area contributed by atoms with E-state index in [-0.39, 0.29) is 23.1 Å². The van der Waals surface area contributed by atoms with Gasteiger partial charge in [-0.05, 0) is 43.2 Å². The summed E-state index contributed by atoms with van der Waals surface area (Å²) >= 11 is 12.5. The van der Waals surface area contributed by atoms with Gasteiger partial charge >= 0.3 is 5.97 Å². The molecular weight excluding hydrogens is 511 g/mol. The minimum absolute atomic E-state index is 0.0835. The molecule has 1 saturated heterocycles. The summed E-state index contributed by atoms with van der Waals surface area (Å²) in [4.78, 5) is 52.0. The van der Waals surface area contributed by atoms with Crippen molar-refractivity contribution in [2.75, 3.05) is 31.0 Å². The highest BCUT2D eigenvalue weighted by Crippen LogP contribution is 2.43. The Morgan fingerprint density at radius 3 is 2.25 bits per heavy atom. The van der Waals surface area contributed by atoms with E-state index in [4.69, 9.17) is 37.4 Å². The SMILES string of the molecule is COc1ccc(OC)c(NC(=O)COC(=O)c2cccc(N3C(=O)[C@H]4C[C@@H](Cl)[C@@H](Cl)C[C@H]4C3=O)c2)c1. The molecule has 2 aromatic rings. The first kappa shape index (κ1) is 25.8. The Labute approximate surface area is 217 Å². The molecule has 1 aliphatic carbocycles. The average Bonchev–Trinajstić information content (AvgIpc) is 3.11. The number of imide groups is 1. The first-order valence-corrected chi connectivity index (χ1v) is 12.1. The molecular formula is C25H24Cl2N2O7. The van der Waals surface area contributed by atoms with E-state index in [1.54, 1.807) is 24.3 Å². The van der Waals surface area contributed by atoms with Crippen molar-refractivity contribution < 1.29 is 33.4 Å². The van der Waals surface area contributed by atoms with E-state index >= 15 is 0 Å². The van der Waals surface area contributed by atoms with Gasteiger partial charge in [0.05, 0.1) is 53.7 Å². The maximum Gasteiger partial charge on any atom is 0.338 e. The van der Waals surface area contributed by atoms with E-state index in [0.29, 0.717) is 30.0 Å². The number of nitrogens with one attached hydrogen (secondary N) is 1. The molecule has 36 heavy (non-hydrogen) atoms. The molecule has 9 nitrogen and oxygen atoms in total. The summed E-state index contributed by atoms with van der Waals surface area (Å²) in [7, 11) is 2.95. The molecule has 3 amide bonds. The van der Waals surface area contributed by atoms with Crippen molar-refractivity contribution in [1.29, 1.82) is 0 Å². The topological polar surface area (TPSA) is 111 Å². The third kappa shape index (κ3) is 5.12. The molecule has 0 bridgehead atoms. The number of rotatable bonds is 7. The lowest BCUT2D eigenvalue weighted by Gasteiger charge is -2.28. The number of anilines is 2. The average molecular weight is 535 g/mol. The summed E-state index contributed by atoms with van der Waals surface area (Å²) in [5.41, 5.74) is 0.683. The summed E-state index contributed by atoms with van der Waals surface area (Å²) in [6, 6.07) is 10.8.